The van der Waals surface area contributed by atoms with Gasteiger partial charge in [0.05, 0.1) is 13.0 Å². The maximum atomic E-state index is 11.9. The minimum atomic E-state index is -0.0465. The lowest BCUT2D eigenvalue weighted by atomic mass is 10.2. The molecule has 0 bridgehead atoms. The fraction of sp³-hybridized carbons (Fsp3) is 0.300. The third-order valence-electron chi connectivity index (χ3n) is 4.15. The molecule has 1 heterocycles. The zero-order chi connectivity index (χ0) is 17.5. The molecule has 1 saturated heterocycles. The van der Waals surface area contributed by atoms with E-state index >= 15 is 0 Å². The van der Waals surface area contributed by atoms with Crippen molar-refractivity contribution in [2.75, 3.05) is 18.1 Å². The van der Waals surface area contributed by atoms with Gasteiger partial charge in [-0.25, -0.2) is 0 Å². The number of nitrogens with zero attached hydrogens (tertiary/aromatic N) is 1. The van der Waals surface area contributed by atoms with Gasteiger partial charge < -0.3 is 15.0 Å². The lowest BCUT2D eigenvalue weighted by Gasteiger charge is -2.16. The summed E-state index contributed by atoms with van der Waals surface area (Å²) in [6, 6.07) is 17.2. The van der Waals surface area contributed by atoms with E-state index in [-0.39, 0.29) is 11.8 Å². The van der Waals surface area contributed by atoms with Gasteiger partial charge in [0, 0.05) is 25.2 Å². The molecule has 130 valence electrons. The molecule has 2 aromatic rings. The predicted molar refractivity (Wildman–Crippen MR) is 96.4 cm³/mol. The minimum absolute atomic E-state index is 0.0465. The van der Waals surface area contributed by atoms with Crippen LogP contribution in [-0.2, 0) is 16.1 Å². The van der Waals surface area contributed by atoms with E-state index < -0.39 is 0 Å². The Bertz CT molecular complexity index is 713. The normalized spacial score (nSPS) is 13.8. The molecule has 0 unspecified atom stereocenters. The summed E-state index contributed by atoms with van der Waals surface area (Å²) < 4.78 is 5.51. The molecule has 2 aromatic carbocycles. The molecular weight excluding hydrogens is 316 g/mol. The first-order chi connectivity index (χ1) is 12.2. The quantitative estimate of drug-likeness (QED) is 0.844. The van der Waals surface area contributed by atoms with Crippen LogP contribution >= 0.6 is 0 Å². The zero-order valence-corrected chi connectivity index (χ0v) is 14.1. The first kappa shape index (κ1) is 17.0. The van der Waals surface area contributed by atoms with Crippen molar-refractivity contribution in [3.8, 4) is 5.75 Å². The molecule has 5 heteroatoms. The van der Waals surface area contributed by atoms with Crippen molar-refractivity contribution in [3.05, 3.63) is 60.2 Å². The topological polar surface area (TPSA) is 58.6 Å². The average Bonchev–Trinajstić information content (AvgIpc) is 3.07. The second kappa shape index (κ2) is 8.33. The van der Waals surface area contributed by atoms with Crippen molar-refractivity contribution in [1.82, 2.24) is 5.32 Å². The van der Waals surface area contributed by atoms with E-state index in [0.717, 1.165) is 30.0 Å². The number of nitrogens with one attached hydrogen (secondary N) is 1. The molecule has 0 aliphatic carbocycles. The minimum Gasteiger partial charge on any atom is -0.493 e. The number of anilines is 1. The molecule has 0 spiro atoms. The third-order valence-corrected chi connectivity index (χ3v) is 4.15. The molecule has 1 aliphatic heterocycles. The summed E-state index contributed by atoms with van der Waals surface area (Å²) in [5, 5.41) is 2.88. The third kappa shape index (κ3) is 4.83. The van der Waals surface area contributed by atoms with Crippen molar-refractivity contribution in [2.24, 2.45) is 0 Å². The summed E-state index contributed by atoms with van der Waals surface area (Å²) in [5.41, 5.74) is 1.93. The van der Waals surface area contributed by atoms with Crippen molar-refractivity contribution in [3.63, 3.8) is 0 Å². The highest BCUT2D eigenvalue weighted by Gasteiger charge is 2.21. The van der Waals surface area contributed by atoms with Crippen LogP contribution in [0.3, 0.4) is 0 Å². The van der Waals surface area contributed by atoms with Crippen LogP contribution in [0.4, 0.5) is 5.69 Å². The summed E-state index contributed by atoms with van der Waals surface area (Å²) in [5.74, 6) is 0.900. The van der Waals surface area contributed by atoms with Gasteiger partial charge in [-0.15, -0.1) is 0 Å². The van der Waals surface area contributed by atoms with Gasteiger partial charge in [-0.2, -0.15) is 0 Å². The Hall–Kier alpha value is -2.82. The van der Waals surface area contributed by atoms with Gasteiger partial charge in [-0.1, -0.05) is 30.3 Å². The highest BCUT2D eigenvalue weighted by molar-refractivity contribution is 5.95. The second-order valence-electron chi connectivity index (χ2n) is 6.00. The van der Waals surface area contributed by atoms with Gasteiger partial charge >= 0.3 is 0 Å². The molecule has 1 N–H and O–H groups in total. The van der Waals surface area contributed by atoms with E-state index in [9.17, 15) is 9.59 Å². The van der Waals surface area contributed by atoms with Crippen LogP contribution in [0, 0.1) is 0 Å². The number of rotatable bonds is 7. The number of carbonyl (C=O) groups is 2. The molecule has 25 heavy (non-hydrogen) atoms. The molecular formula is C20H22N2O3. The molecule has 0 radical (unpaired) electrons. The Morgan fingerprint density at radius 1 is 1.08 bits per heavy atom. The van der Waals surface area contributed by atoms with E-state index in [1.807, 2.05) is 59.5 Å². The van der Waals surface area contributed by atoms with Crippen LogP contribution < -0.4 is 15.0 Å². The maximum Gasteiger partial charge on any atom is 0.227 e. The molecule has 0 atom stereocenters. The number of hydrogen-bond acceptors (Lipinski definition) is 3. The summed E-state index contributed by atoms with van der Waals surface area (Å²) in [6.45, 7) is 1.61. The van der Waals surface area contributed by atoms with Gasteiger partial charge in [0.25, 0.3) is 0 Å². The largest absolute Gasteiger partial charge is 0.493 e. The number of para-hydroxylation sites is 1. The van der Waals surface area contributed by atoms with Crippen molar-refractivity contribution in [2.45, 2.75) is 25.8 Å². The molecule has 1 aliphatic rings. The van der Waals surface area contributed by atoms with E-state index in [1.165, 1.54) is 0 Å². The zero-order valence-electron chi connectivity index (χ0n) is 14.1. The molecule has 2 amide bonds. The second-order valence-corrected chi connectivity index (χ2v) is 6.00. The monoisotopic (exact) mass is 338 g/mol. The van der Waals surface area contributed by atoms with Gasteiger partial charge in [0.2, 0.25) is 11.8 Å². The Morgan fingerprint density at radius 3 is 2.52 bits per heavy atom. The Kier molecular flexibility index (Phi) is 5.67. The van der Waals surface area contributed by atoms with Crippen molar-refractivity contribution >= 4 is 17.5 Å². The number of carbonyl (C=O) groups excluding carboxylic acids is 2. The molecule has 5 nitrogen and oxygen atoms in total. The number of amides is 2. The highest BCUT2D eigenvalue weighted by Crippen LogP contribution is 2.21. The van der Waals surface area contributed by atoms with E-state index in [1.54, 1.807) is 0 Å². The van der Waals surface area contributed by atoms with Crippen molar-refractivity contribution in [1.29, 1.82) is 0 Å². The molecule has 0 saturated carbocycles. The van der Waals surface area contributed by atoms with Crippen LogP contribution in [0.1, 0.15) is 24.8 Å². The summed E-state index contributed by atoms with van der Waals surface area (Å²) in [4.78, 5) is 25.4. The number of ether oxygens (including phenoxy) is 1. The van der Waals surface area contributed by atoms with Crippen LogP contribution in [0.15, 0.2) is 54.6 Å². The van der Waals surface area contributed by atoms with Crippen molar-refractivity contribution < 1.29 is 14.3 Å². The van der Waals surface area contributed by atoms with E-state index in [2.05, 4.69) is 5.32 Å². The maximum absolute atomic E-state index is 11.9. The van der Waals surface area contributed by atoms with Crippen LogP contribution in [0.5, 0.6) is 5.75 Å². The number of benzene rings is 2. The fourth-order valence-electron chi connectivity index (χ4n) is 2.78. The van der Waals surface area contributed by atoms with Crippen LogP contribution in [0.25, 0.3) is 0 Å². The fourth-order valence-corrected chi connectivity index (χ4v) is 2.78. The van der Waals surface area contributed by atoms with Gasteiger partial charge in [0.1, 0.15) is 5.75 Å². The standard InChI is InChI=1S/C20H22N2O3/c23-19(12-14-25-18-5-2-1-3-6-18)21-15-16-8-10-17(11-9-16)22-13-4-7-20(22)24/h1-3,5-6,8-11H,4,7,12-15H2,(H,21,23). The average molecular weight is 338 g/mol. The molecule has 3 rings (SSSR count). The van der Waals surface area contributed by atoms with E-state index in [4.69, 9.17) is 4.74 Å². The smallest absolute Gasteiger partial charge is 0.227 e. The Labute approximate surface area is 147 Å². The van der Waals surface area contributed by atoms with E-state index in [0.29, 0.717) is 26.0 Å². The predicted octanol–water partition coefficient (Wildman–Crippen LogP) is 2.90. The summed E-state index contributed by atoms with van der Waals surface area (Å²) >= 11 is 0. The first-order valence-corrected chi connectivity index (χ1v) is 8.56. The van der Waals surface area contributed by atoms with Crippen LogP contribution in [0.2, 0.25) is 0 Å². The first-order valence-electron chi connectivity index (χ1n) is 8.56. The number of hydrogen-bond donors (Lipinski definition) is 1. The lowest BCUT2D eigenvalue weighted by molar-refractivity contribution is -0.121. The Balaban J connectivity index is 1.40. The highest BCUT2D eigenvalue weighted by atomic mass is 16.5. The SMILES string of the molecule is O=C(CCOc1ccccc1)NCc1ccc(N2CCCC2=O)cc1. The van der Waals surface area contributed by atoms with Gasteiger partial charge in [-0.3, -0.25) is 9.59 Å². The summed E-state index contributed by atoms with van der Waals surface area (Å²) in [7, 11) is 0. The van der Waals surface area contributed by atoms with Gasteiger partial charge in [0.15, 0.2) is 0 Å². The Morgan fingerprint density at radius 2 is 1.84 bits per heavy atom. The molecule has 0 aromatic heterocycles. The summed E-state index contributed by atoms with van der Waals surface area (Å²) in [6.07, 6.45) is 1.86. The van der Waals surface area contributed by atoms with Gasteiger partial charge in [-0.05, 0) is 36.2 Å². The molecule has 1 fully saturated rings. The van der Waals surface area contributed by atoms with Crippen LogP contribution in [-0.4, -0.2) is 25.0 Å². The lowest BCUT2D eigenvalue weighted by Crippen LogP contribution is -2.25.